The second-order valence-corrected chi connectivity index (χ2v) is 5.44. The lowest BCUT2D eigenvalue weighted by molar-refractivity contribution is 0.0947. The van der Waals surface area contributed by atoms with Crippen LogP contribution in [-0.4, -0.2) is 19.1 Å². The average molecular weight is 314 g/mol. The van der Waals surface area contributed by atoms with Crippen LogP contribution < -0.4 is 10.1 Å². The van der Waals surface area contributed by atoms with E-state index in [1.807, 2.05) is 26.0 Å². The molecule has 0 saturated carbocycles. The third-order valence-corrected chi connectivity index (χ3v) is 3.22. The first-order valence-electron chi connectivity index (χ1n) is 6.17. The van der Waals surface area contributed by atoms with Crippen molar-refractivity contribution in [2.75, 3.05) is 13.2 Å². The summed E-state index contributed by atoms with van der Waals surface area (Å²) < 4.78 is 6.30. The van der Waals surface area contributed by atoms with E-state index in [9.17, 15) is 4.79 Å². The quantitative estimate of drug-likeness (QED) is 0.903. The van der Waals surface area contributed by atoms with Gasteiger partial charge in [0, 0.05) is 16.6 Å². The molecule has 100 valence electrons. The van der Waals surface area contributed by atoms with Crippen LogP contribution in [-0.2, 0) is 0 Å². The summed E-state index contributed by atoms with van der Waals surface area (Å²) >= 11 is 3.42. The normalized spacial score (nSPS) is 10.6. The van der Waals surface area contributed by atoms with Gasteiger partial charge >= 0.3 is 0 Å². The van der Waals surface area contributed by atoms with Crippen molar-refractivity contribution in [2.24, 2.45) is 5.92 Å². The highest BCUT2D eigenvalue weighted by atomic mass is 79.9. The van der Waals surface area contributed by atoms with Crippen LogP contribution >= 0.6 is 15.9 Å². The van der Waals surface area contributed by atoms with Crippen molar-refractivity contribution in [3.05, 3.63) is 27.7 Å². The number of carbonyl (C=O) groups is 1. The van der Waals surface area contributed by atoms with Gasteiger partial charge in [-0.05, 0) is 47.8 Å². The molecule has 0 radical (unpaired) electrons. The third-order valence-electron chi connectivity index (χ3n) is 2.56. The molecule has 18 heavy (non-hydrogen) atoms. The molecule has 0 aliphatic heterocycles. The second kappa shape index (κ2) is 6.78. The van der Waals surface area contributed by atoms with E-state index in [-0.39, 0.29) is 5.91 Å². The van der Waals surface area contributed by atoms with E-state index < -0.39 is 0 Å². The molecule has 0 saturated heterocycles. The standard InChI is InChI=1S/C14H20BrNO2/c1-5-18-12-7-6-11(15)13(10(12)4)14(17)16-8-9(2)3/h6-7,9H,5,8H2,1-4H3,(H,16,17). The van der Waals surface area contributed by atoms with Crippen molar-refractivity contribution in [1.82, 2.24) is 5.32 Å². The van der Waals surface area contributed by atoms with Crippen LogP contribution in [0.25, 0.3) is 0 Å². The van der Waals surface area contributed by atoms with Gasteiger partial charge in [0.05, 0.1) is 12.2 Å². The Morgan fingerprint density at radius 1 is 1.44 bits per heavy atom. The van der Waals surface area contributed by atoms with E-state index in [2.05, 4.69) is 35.1 Å². The van der Waals surface area contributed by atoms with Gasteiger partial charge in [0.15, 0.2) is 0 Å². The maximum Gasteiger partial charge on any atom is 0.252 e. The highest BCUT2D eigenvalue weighted by Gasteiger charge is 2.16. The molecule has 1 rings (SSSR count). The second-order valence-electron chi connectivity index (χ2n) is 4.58. The fourth-order valence-electron chi connectivity index (χ4n) is 1.64. The molecule has 0 aromatic heterocycles. The lowest BCUT2D eigenvalue weighted by atomic mass is 10.1. The summed E-state index contributed by atoms with van der Waals surface area (Å²) in [5.41, 5.74) is 1.52. The van der Waals surface area contributed by atoms with Gasteiger partial charge in [0.1, 0.15) is 5.75 Å². The van der Waals surface area contributed by atoms with Crippen LogP contribution in [0.15, 0.2) is 16.6 Å². The maximum absolute atomic E-state index is 12.2. The number of hydrogen-bond acceptors (Lipinski definition) is 2. The molecule has 0 spiro atoms. The SMILES string of the molecule is CCOc1ccc(Br)c(C(=O)NCC(C)C)c1C. The smallest absolute Gasteiger partial charge is 0.252 e. The third kappa shape index (κ3) is 3.73. The predicted molar refractivity (Wildman–Crippen MR) is 77.2 cm³/mol. The zero-order valence-electron chi connectivity index (χ0n) is 11.3. The molecule has 0 bridgehead atoms. The van der Waals surface area contributed by atoms with Crippen molar-refractivity contribution < 1.29 is 9.53 Å². The lowest BCUT2D eigenvalue weighted by Gasteiger charge is -2.14. The van der Waals surface area contributed by atoms with E-state index >= 15 is 0 Å². The molecule has 0 aliphatic carbocycles. The Labute approximate surface area is 117 Å². The maximum atomic E-state index is 12.2. The van der Waals surface area contributed by atoms with Gasteiger partial charge in [-0.1, -0.05) is 13.8 Å². The van der Waals surface area contributed by atoms with Crippen molar-refractivity contribution in [3.63, 3.8) is 0 Å². The first-order chi connectivity index (χ1) is 8.47. The van der Waals surface area contributed by atoms with Crippen molar-refractivity contribution in [3.8, 4) is 5.75 Å². The fraction of sp³-hybridized carbons (Fsp3) is 0.500. The number of hydrogen-bond donors (Lipinski definition) is 1. The predicted octanol–water partition coefficient (Wildman–Crippen LogP) is 3.54. The Bertz CT molecular complexity index is 430. The number of carbonyl (C=O) groups excluding carboxylic acids is 1. The summed E-state index contributed by atoms with van der Waals surface area (Å²) in [6.07, 6.45) is 0. The highest BCUT2D eigenvalue weighted by Crippen LogP contribution is 2.28. The minimum absolute atomic E-state index is 0.0605. The summed E-state index contributed by atoms with van der Waals surface area (Å²) in [4.78, 5) is 12.2. The lowest BCUT2D eigenvalue weighted by Crippen LogP contribution is -2.28. The van der Waals surface area contributed by atoms with Crippen LogP contribution in [0.1, 0.15) is 36.7 Å². The van der Waals surface area contributed by atoms with Gasteiger partial charge in [-0.3, -0.25) is 4.79 Å². The number of halogens is 1. The molecule has 0 unspecified atom stereocenters. The van der Waals surface area contributed by atoms with Gasteiger partial charge in [0.2, 0.25) is 0 Å². The van der Waals surface area contributed by atoms with Crippen LogP contribution in [0.3, 0.4) is 0 Å². The largest absolute Gasteiger partial charge is 0.494 e. The Kier molecular flexibility index (Phi) is 5.66. The van der Waals surface area contributed by atoms with Crippen LogP contribution in [0.5, 0.6) is 5.75 Å². The minimum atomic E-state index is -0.0605. The first kappa shape index (κ1) is 15.0. The van der Waals surface area contributed by atoms with E-state index in [0.717, 1.165) is 15.8 Å². The Morgan fingerprint density at radius 2 is 2.11 bits per heavy atom. The molecule has 1 aromatic carbocycles. The monoisotopic (exact) mass is 313 g/mol. The van der Waals surface area contributed by atoms with Crippen LogP contribution in [0.2, 0.25) is 0 Å². The molecule has 4 heteroatoms. The van der Waals surface area contributed by atoms with E-state index in [1.54, 1.807) is 0 Å². The molecule has 1 N–H and O–H groups in total. The number of rotatable bonds is 5. The van der Waals surface area contributed by atoms with Gasteiger partial charge < -0.3 is 10.1 Å². The van der Waals surface area contributed by atoms with Gasteiger partial charge in [-0.2, -0.15) is 0 Å². The van der Waals surface area contributed by atoms with Crippen molar-refractivity contribution in [1.29, 1.82) is 0 Å². The van der Waals surface area contributed by atoms with E-state index in [4.69, 9.17) is 4.74 Å². The van der Waals surface area contributed by atoms with Gasteiger partial charge in [-0.15, -0.1) is 0 Å². The number of benzene rings is 1. The molecule has 1 aromatic rings. The molecule has 0 aliphatic rings. The molecular weight excluding hydrogens is 294 g/mol. The number of ether oxygens (including phenoxy) is 1. The van der Waals surface area contributed by atoms with E-state index in [1.165, 1.54) is 0 Å². The molecular formula is C14H20BrNO2. The van der Waals surface area contributed by atoms with Crippen molar-refractivity contribution >= 4 is 21.8 Å². The van der Waals surface area contributed by atoms with Crippen LogP contribution in [0, 0.1) is 12.8 Å². The summed E-state index contributed by atoms with van der Waals surface area (Å²) in [5.74, 6) is 1.13. The van der Waals surface area contributed by atoms with Gasteiger partial charge in [0.25, 0.3) is 5.91 Å². The number of amides is 1. The highest BCUT2D eigenvalue weighted by molar-refractivity contribution is 9.10. The summed E-state index contributed by atoms with van der Waals surface area (Å²) in [6, 6.07) is 3.73. The summed E-state index contributed by atoms with van der Waals surface area (Å²) in [7, 11) is 0. The van der Waals surface area contributed by atoms with Crippen molar-refractivity contribution in [2.45, 2.75) is 27.7 Å². The fourth-order valence-corrected chi connectivity index (χ4v) is 2.24. The Morgan fingerprint density at radius 3 is 2.67 bits per heavy atom. The molecule has 0 atom stereocenters. The molecule has 1 amide bonds. The Balaban J connectivity index is 2.99. The van der Waals surface area contributed by atoms with E-state index in [0.29, 0.717) is 24.6 Å². The average Bonchev–Trinajstić information content (AvgIpc) is 2.30. The molecule has 0 heterocycles. The molecule has 0 fully saturated rings. The topological polar surface area (TPSA) is 38.3 Å². The molecule has 3 nitrogen and oxygen atoms in total. The first-order valence-corrected chi connectivity index (χ1v) is 6.96. The Hall–Kier alpha value is -1.03. The zero-order chi connectivity index (χ0) is 13.7. The van der Waals surface area contributed by atoms with Crippen LogP contribution in [0.4, 0.5) is 0 Å². The van der Waals surface area contributed by atoms with Gasteiger partial charge in [-0.25, -0.2) is 0 Å². The summed E-state index contributed by atoms with van der Waals surface area (Å²) in [5, 5.41) is 2.92. The zero-order valence-corrected chi connectivity index (χ0v) is 12.9. The minimum Gasteiger partial charge on any atom is -0.494 e. The number of nitrogens with one attached hydrogen (secondary N) is 1. The summed E-state index contributed by atoms with van der Waals surface area (Å²) in [6.45, 7) is 9.23.